The molecule has 0 unspecified atom stereocenters. The first-order valence-electron chi connectivity index (χ1n) is 9.05. The molecule has 1 saturated heterocycles. The van der Waals surface area contributed by atoms with Crippen LogP contribution in [0, 0.1) is 0 Å². The van der Waals surface area contributed by atoms with Crippen LogP contribution < -0.4 is 5.32 Å². The largest absolute Gasteiger partial charge is 0.331 e. The Balaban J connectivity index is 1.33. The van der Waals surface area contributed by atoms with Gasteiger partial charge in [0.25, 0.3) is 0 Å². The maximum Gasteiger partial charge on any atom is 0.317 e. The van der Waals surface area contributed by atoms with E-state index in [2.05, 4.69) is 27.4 Å². The molecule has 2 aromatic heterocycles. The summed E-state index contributed by atoms with van der Waals surface area (Å²) in [4.78, 5) is 23.1. The molecule has 1 N–H and O–H groups in total. The van der Waals surface area contributed by atoms with E-state index >= 15 is 0 Å². The first kappa shape index (κ1) is 16.6. The SMILES string of the molecule is Cn1c(CNC(=O)N2CCC(c3ccncc3)CC2)nc2ccccc21. The normalized spacial score (nSPS) is 15.3. The number of amides is 2. The van der Waals surface area contributed by atoms with Gasteiger partial charge in [-0.25, -0.2) is 9.78 Å². The molecule has 0 radical (unpaired) electrons. The van der Waals surface area contributed by atoms with Crippen molar-refractivity contribution in [3.8, 4) is 0 Å². The van der Waals surface area contributed by atoms with Gasteiger partial charge in [-0.05, 0) is 48.6 Å². The van der Waals surface area contributed by atoms with Gasteiger partial charge in [-0.15, -0.1) is 0 Å². The molecule has 4 rings (SSSR count). The first-order valence-corrected chi connectivity index (χ1v) is 9.05. The Morgan fingerprint density at radius 3 is 2.62 bits per heavy atom. The Morgan fingerprint density at radius 1 is 1.15 bits per heavy atom. The number of rotatable bonds is 3. The number of pyridine rings is 1. The molecule has 6 nitrogen and oxygen atoms in total. The molecule has 1 aromatic carbocycles. The molecule has 0 aliphatic carbocycles. The predicted molar refractivity (Wildman–Crippen MR) is 101 cm³/mol. The van der Waals surface area contributed by atoms with Crippen molar-refractivity contribution in [1.29, 1.82) is 0 Å². The highest BCUT2D eigenvalue weighted by Gasteiger charge is 2.23. The predicted octanol–water partition coefficient (Wildman–Crippen LogP) is 3.06. The lowest BCUT2D eigenvalue weighted by molar-refractivity contribution is 0.180. The summed E-state index contributed by atoms with van der Waals surface area (Å²) in [6, 6.07) is 12.1. The van der Waals surface area contributed by atoms with Gasteiger partial charge < -0.3 is 14.8 Å². The molecular formula is C20H23N5O. The van der Waals surface area contributed by atoms with Crippen LogP contribution in [-0.2, 0) is 13.6 Å². The summed E-state index contributed by atoms with van der Waals surface area (Å²) in [7, 11) is 1.98. The van der Waals surface area contributed by atoms with E-state index in [9.17, 15) is 4.79 Å². The molecule has 3 aromatic rings. The molecule has 0 saturated carbocycles. The van der Waals surface area contributed by atoms with Crippen molar-refractivity contribution >= 4 is 17.1 Å². The zero-order valence-electron chi connectivity index (χ0n) is 14.9. The average Bonchev–Trinajstić information content (AvgIpc) is 3.03. The number of hydrogen-bond acceptors (Lipinski definition) is 3. The number of piperidine rings is 1. The lowest BCUT2D eigenvalue weighted by Gasteiger charge is -2.32. The van der Waals surface area contributed by atoms with E-state index < -0.39 is 0 Å². The molecule has 134 valence electrons. The second-order valence-electron chi connectivity index (χ2n) is 6.78. The van der Waals surface area contributed by atoms with Gasteiger partial charge in [0, 0.05) is 32.5 Å². The van der Waals surface area contributed by atoms with Gasteiger partial charge >= 0.3 is 6.03 Å². The third-order valence-corrected chi connectivity index (χ3v) is 5.24. The van der Waals surface area contributed by atoms with Crippen molar-refractivity contribution in [2.75, 3.05) is 13.1 Å². The maximum absolute atomic E-state index is 12.5. The smallest absolute Gasteiger partial charge is 0.317 e. The number of urea groups is 1. The molecule has 26 heavy (non-hydrogen) atoms. The van der Waals surface area contributed by atoms with Crippen LogP contribution in [0.2, 0.25) is 0 Å². The zero-order valence-corrected chi connectivity index (χ0v) is 14.9. The lowest BCUT2D eigenvalue weighted by Crippen LogP contribution is -2.44. The maximum atomic E-state index is 12.5. The van der Waals surface area contributed by atoms with Crippen molar-refractivity contribution in [3.05, 3.63) is 60.2 Å². The van der Waals surface area contributed by atoms with E-state index in [0.717, 1.165) is 42.8 Å². The minimum absolute atomic E-state index is 0.00904. The van der Waals surface area contributed by atoms with Crippen LogP contribution >= 0.6 is 0 Å². The van der Waals surface area contributed by atoms with Gasteiger partial charge in [-0.3, -0.25) is 4.98 Å². The topological polar surface area (TPSA) is 63.1 Å². The standard InChI is InChI=1S/C20H23N5O/c1-24-18-5-3-2-4-17(18)23-19(24)14-22-20(26)25-12-8-16(9-13-25)15-6-10-21-11-7-15/h2-7,10-11,16H,8-9,12-14H2,1H3,(H,22,26). The molecule has 6 heteroatoms. The van der Waals surface area contributed by atoms with Crippen LogP contribution in [0.5, 0.6) is 0 Å². The summed E-state index contributed by atoms with van der Waals surface area (Å²) in [6.07, 6.45) is 5.66. The van der Waals surface area contributed by atoms with E-state index in [4.69, 9.17) is 0 Å². The van der Waals surface area contributed by atoms with Gasteiger partial charge in [-0.2, -0.15) is 0 Å². The van der Waals surface area contributed by atoms with E-state index in [-0.39, 0.29) is 6.03 Å². The number of carbonyl (C=O) groups is 1. The highest BCUT2D eigenvalue weighted by atomic mass is 16.2. The van der Waals surface area contributed by atoms with Crippen molar-refractivity contribution in [2.45, 2.75) is 25.3 Å². The molecule has 1 fully saturated rings. The minimum Gasteiger partial charge on any atom is -0.331 e. The second-order valence-corrected chi connectivity index (χ2v) is 6.78. The highest BCUT2D eigenvalue weighted by molar-refractivity contribution is 5.76. The van der Waals surface area contributed by atoms with Gasteiger partial charge in [0.15, 0.2) is 0 Å². The Kier molecular flexibility index (Phi) is 4.56. The lowest BCUT2D eigenvalue weighted by atomic mass is 9.90. The Morgan fingerprint density at radius 2 is 1.88 bits per heavy atom. The molecule has 0 bridgehead atoms. The fourth-order valence-corrected chi connectivity index (χ4v) is 3.67. The Hall–Kier alpha value is -2.89. The summed E-state index contributed by atoms with van der Waals surface area (Å²) >= 11 is 0. The van der Waals surface area contributed by atoms with Crippen LogP contribution in [-0.4, -0.2) is 38.6 Å². The summed E-state index contributed by atoms with van der Waals surface area (Å²) in [5.74, 6) is 1.38. The number of imidazole rings is 1. The third kappa shape index (κ3) is 3.27. The van der Waals surface area contributed by atoms with E-state index in [0.29, 0.717) is 12.5 Å². The number of aromatic nitrogens is 3. The molecule has 0 atom stereocenters. The number of hydrogen-bond donors (Lipinski definition) is 1. The number of nitrogens with one attached hydrogen (secondary N) is 1. The van der Waals surface area contributed by atoms with E-state index in [1.165, 1.54) is 5.56 Å². The van der Waals surface area contributed by atoms with Crippen molar-refractivity contribution in [3.63, 3.8) is 0 Å². The molecule has 2 amide bonds. The van der Waals surface area contributed by atoms with E-state index in [1.54, 1.807) is 0 Å². The number of benzene rings is 1. The van der Waals surface area contributed by atoms with Crippen LogP contribution in [0.1, 0.15) is 30.1 Å². The summed E-state index contributed by atoms with van der Waals surface area (Å²) in [5.41, 5.74) is 3.35. The van der Waals surface area contributed by atoms with Crippen molar-refractivity contribution in [1.82, 2.24) is 24.8 Å². The highest BCUT2D eigenvalue weighted by Crippen LogP contribution is 2.27. The van der Waals surface area contributed by atoms with Crippen LogP contribution in [0.25, 0.3) is 11.0 Å². The number of fused-ring (bicyclic) bond motifs is 1. The third-order valence-electron chi connectivity index (χ3n) is 5.24. The first-order chi connectivity index (χ1) is 12.7. The van der Waals surface area contributed by atoms with Crippen LogP contribution in [0.4, 0.5) is 4.79 Å². The van der Waals surface area contributed by atoms with Gasteiger partial charge in [-0.1, -0.05) is 12.1 Å². The summed E-state index contributed by atoms with van der Waals surface area (Å²) < 4.78 is 2.03. The Labute approximate surface area is 152 Å². The molecule has 1 aliphatic rings. The number of aryl methyl sites for hydroxylation is 1. The number of carbonyl (C=O) groups excluding carboxylic acids is 1. The molecule has 3 heterocycles. The van der Waals surface area contributed by atoms with Crippen molar-refractivity contribution in [2.24, 2.45) is 7.05 Å². The Bertz CT molecular complexity index is 897. The van der Waals surface area contributed by atoms with Gasteiger partial charge in [0.1, 0.15) is 5.82 Å². The van der Waals surface area contributed by atoms with Crippen LogP contribution in [0.3, 0.4) is 0 Å². The van der Waals surface area contributed by atoms with Crippen molar-refractivity contribution < 1.29 is 4.79 Å². The van der Waals surface area contributed by atoms with Crippen LogP contribution in [0.15, 0.2) is 48.8 Å². The monoisotopic (exact) mass is 349 g/mol. The number of para-hydroxylation sites is 2. The van der Waals surface area contributed by atoms with Gasteiger partial charge in [0.05, 0.1) is 17.6 Å². The fourth-order valence-electron chi connectivity index (χ4n) is 3.67. The minimum atomic E-state index is -0.00904. The second kappa shape index (κ2) is 7.15. The fraction of sp³-hybridized carbons (Fsp3) is 0.350. The quantitative estimate of drug-likeness (QED) is 0.790. The number of nitrogens with zero attached hydrogens (tertiary/aromatic N) is 4. The zero-order chi connectivity index (χ0) is 17.9. The van der Waals surface area contributed by atoms with Gasteiger partial charge in [0.2, 0.25) is 0 Å². The molecular weight excluding hydrogens is 326 g/mol. The molecule has 1 aliphatic heterocycles. The summed E-state index contributed by atoms with van der Waals surface area (Å²) in [5, 5.41) is 3.02. The summed E-state index contributed by atoms with van der Waals surface area (Å²) in [6.45, 7) is 2.00. The van der Waals surface area contributed by atoms with E-state index in [1.807, 2.05) is 53.2 Å². The number of likely N-dealkylation sites (tertiary alicyclic amines) is 1. The average molecular weight is 349 g/mol. The molecule has 0 spiro atoms.